The van der Waals surface area contributed by atoms with E-state index in [4.69, 9.17) is 14.4 Å². The SMILES string of the molecule is CC(C)Cc1cc(-c2[c-]cccc2)ncc1[Si](C)(C)C.[Ir].[c-]1ccc2c(oc3nc(-c4ccccc4)ccc32)c1-c1nc2ccccc2n1-c1ccccc1. The number of aromatic nitrogens is 4. The third kappa shape index (κ3) is 7.87. The monoisotopic (exact) mass is 911 g/mol. The molecule has 275 valence electrons. The standard InChI is InChI=1S/C30H18N3O.C18H24NSi.Ir/c1-3-10-20(11-4-1)25-19-18-23-22-14-9-15-24(28(22)34-30(23)32-25)29-31-26-16-7-8-17-27(26)33(29)21-12-5-2-6-13-21;1-14(2)11-16-12-17(15-9-7-6-8-10-15)19-13-18(16)20(3,4)5;/h1-14,16-19H;6-9,12-14H,11H2,1-5H3;/q2*-1;. The Morgan fingerprint density at radius 3 is 2.16 bits per heavy atom. The number of para-hydroxylation sites is 3. The number of pyridine rings is 2. The van der Waals surface area contributed by atoms with Crippen LogP contribution in [0.5, 0.6) is 0 Å². The molecule has 1 radical (unpaired) electrons. The Labute approximate surface area is 337 Å². The molecule has 0 unspecified atom stereocenters. The fourth-order valence-electron chi connectivity index (χ4n) is 7.07. The van der Waals surface area contributed by atoms with Gasteiger partial charge in [0.05, 0.1) is 36.2 Å². The van der Waals surface area contributed by atoms with Gasteiger partial charge < -0.3 is 14.0 Å². The number of imidazole rings is 1. The second-order valence-corrected chi connectivity index (χ2v) is 20.1. The quantitative estimate of drug-likeness (QED) is 0.118. The molecule has 7 heteroatoms. The zero-order chi connectivity index (χ0) is 37.2. The fraction of sp³-hybridized carbons (Fsp3) is 0.146. The van der Waals surface area contributed by atoms with Crippen LogP contribution in [0.25, 0.3) is 72.7 Å². The van der Waals surface area contributed by atoms with Crippen molar-refractivity contribution >= 4 is 46.4 Å². The topological polar surface area (TPSA) is 56.7 Å². The van der Waals surface area contributed by atoms with Crippen LogP contribution in [0.2, 0.25) is 19.6 Å². The van der Waals surface area contributed by atoms with Gasteiger partial charge in [0.25, 0.3) is 0 Å². The van der Waals surface area contributed by atoms with Crippen molar-refractivity contribution in [3.8, 4) is 39.6 Å². The van der Waals surface area contributed by atoms with Gasteiger partial charge in [-0.15, -0.1) is 54.1 Å². The van der Waals surface area contributed by atoms with Crippen molar-refractivity contribution in [3.63, 3.8) is 0 Å². The van der Waals surface area contributed by atoms with E-state index in [9.17, 15) is 0 Å². The van der Waals surface area contributed by atoms with Crippen LogP contribution in [-0.4, -0.2) is 27.6 Å². The van der Waals surface area contributed by atoms with Gasteiger partial charge >= 0.3 is 0 Å². The van der Waals surface area contributed by atoms with Gasteiger partial charge in [-0.2, -0.15) is 0 Å². The van der Waals surface area contributed by atoms with Crippen molar-refractivity contribution in [1.82, 2.24) is 19.5 Å². The average Bonchev–Trinajstić information content (AvgIpc) is 3.77. The molecule has 5 aromatic carbocycles. The van der Waals surface area contributed by atoms with E-state index < -0.39 is 8.07 Å². The largest absolute Gasteiger partial charge is 0.486 e. The number of benzene rings is 5. The minimum atomic E-state index is -1.34. The van der Waals surface area contributed by atoms with E-state index in [1.165, 1.54) is 10.8 Å². The van der Waals surface area contributed by atoms with E-state index in [-0.39, 0.29) is 20.1 Å². The summed E-state index contributed by atoms with van der Waals surface area (Å²) >= 11 is 0. The van der Waals surface area contributed by atoms with Crippen LogP contribution in [0.15, 0.2) is 150 Å². The van der Waals surface area contributed by atoms with Crippen LogP contribution in [0, 0.1) is 18.1 Å². The Hall–Kier alpha value is -5.46. The van der Waals surface area contributed by atoms with Gasteiger partial charge in [0.15, 0.2) is 0 Å². The molecule has 0 saturated carbocycles. The zero-order valence-corrected chi connectivity index (χ0v) is 35.1. The Bertz CT molecular complexity index is 2700. The van der Waals surface area contributed by atoms with Crippen LogP contribution in [0.4, 0.5) is 0 Å². The summed E-state index contributed by atoms with van der Waals surface area (Å²) in [5, 5.41) is 3.47. The molecule has 4 aromatic heterocycles. The van der Waals surface area contributed by atoms with Gasteiger partial charge in [0, 0.05) is 42.9 Å². The van der Waals surface area contributed by atoms with Gasteiger partial charge in [0.2, 0.25) is 5.71 Å². The molecular formula is C48H42IrN4OSi-2. The molecule has 0 aliphatic heterocycles. The third-order valence-corrected chi connectivity index (χ3v) is 11.6. The summed E-state index contributed by atoms with van der Waals surface area (Å²) in [6, 6.07) is 53.7. The van der Waals surface area contributed by atoms with E-state index >= 15 is 0 Å². The summed E-state index contributed by atoms with van der Waals surface area (Å²) in [4.78, 5) is 14.5. The first-order valence-electron chi connectivity index (χ1n) is 18.5. The summed E-state index contributed by atoms with van der Waals surface area (Å²) in [7, 11) is -1.34. The van der Waals surface area contributed by atoms with Crippen molar-refractivity contribution < 1.29 is 24.5 Å². The minimum absolute atomic E-state index is 0. The molecule has 0 amide bonds. The molecule has 55 heavy (non-hydrogen) atoms. The minimum Gasteiger partial charge on any atom is -0.486 e. The molecular weight excluding hydrogens is 869 g/mol. The molecule has 0 atom stereocenters. The number of furan rings is 1. The van der Waals surface area contributed by atoms with Crippen molar-refractivity contribution in [2.24, 2.45) is 5.92 Å². The average molecular weight is 911 g/mol. The van der Waals surface area contributed by atoms with Crippen molar-refractivity contribution in [2.45, 2.75) is 39.9 Å². The first kappa shape index (κ1) is 37.8. The third-order valence-electron chi connectivity index (χ3n) is 9.58. The number of rotatable bonds is 7. The molecule has 0 saturated heterocycles. The summed E-state index contributed by atoms with van der Waals surface area (Å²) in [6.45, 7) is 11.7. The maximum Gasteiger partial charge on any atom is 0.216 e. The molecule has 4 heterocycles. The molecule has 5 nitrogen and oxygen atoms in total. The van der Waals surface area contributed by atoms with E-state index in [0.717, 1.165) is 73.4 Å². The predicted molar refractivity (Wildman–Crippen MR) is 226 cm³/mol. The van der Waals surface area contributed by atoms with Crippen LogP contribution >= 0.6 is 0 Å². The Morgan fingerprint density at radius 1 is 0.709 bits per heavy atom. The normalized spacial score (nSPS) is 11.5. The molecule has 9 rings (SSSR count). The van der Waals surface area contributed by atoms with Gasteiger partial charge in [-0.05, 0) is 59.6 Å². The Kier molecular flexibility index (Phi) is 11.1. The predicted octanol–water partition coefficient (Wildman–Crippen LogP) is 11.7. The second-order valence-electron chi connectivity index (χ2n) is 15.1. The molecule has 0 fully saturated rings. The summed E-state index contributed by atoms with van der Waals surface area (Å²) in [6.07, 6.45) is 3.24. The van der Waals surface area contributed by atoms with Crippen LogP contribution in [0.3, 0.4) is 0 Å². The second kappa shape index (κ2) is 16.1. The number of hydrogen-bond donors (Lipinski definition) is 0. The molecule has 0 aliphatic rings. The van der Waals surface area contributed by atoms with Crippen molar-refractivity contribution in [3.05, 3.63) is 163 Å². The molecule has 0 bridgehead atoms. The van der Waals surface area contributed by atoms with E-state index in [2.05, 4.69) is 110 Å². The van der Waals surface area contributed by atoms with E-state index in [0.29, 0.717) is 11.6 Å². The maximum absolute atomic E-state index is 6.39. The molecule has 0 aliphatic carbocycles. The number of hydrogen-bond acceptors (Lipinski definition) is 4. The molecule has 9 aromatic rings. The first-order chi connectivity index (χ1) is 26.2. The first-order valence-corrected chi connectivity index (χ1v) is 22.0. The maximum atomic E-state index is 6.39. The summed E-state index contributed by atoms with van der Waals surface area (Å²) in [5.41, 5.74) is 10.7. The van der Waals surface area contributed by atoms with Crippen LogP contribution in [-0.2, 0) is 26.5 Å². The van der Waals surface area contributed by atoms with Gasteiger partial charge in [-0.1, -0.05) is 117 Å². The van der Waals surface area contributed by atoms with Gasteiger partial charge in [-0.3, -0.25) is 4.98 Å². The van der Waals surface area contributed by atoms with Gasteiger partial charge in [-0.25, -0.2) is 4.98 Å². The van der Waals surface area contributed by atoms with Crippen molar-refractivity contribution in [1.29, 1.82) is 0 Å². The fourth-order valence-corrected chi connectivity index (χ4v) is 8.66. The smallest absolute Gasteiger partial charge is 0.216 e. The van der Waals surface area contributed by atoms with Crippen LogP contribution < -0.4 is 5.19 Å². The van der Waals surface area contributed by atoms with Gasteiger partial charge in [0.1, 0.15) is 0 Å². The van der Waals surface area contributed by atoms with Crippen molar-refractivity contribution in [2.75, 3.05) is 0 Å². The zero-order valence-electron chi connectivity index (χ0n) is 31.7. The number of fused-ring (bicyclic) bond motifs is 4. The van der Waals surface area contributed by atoms with E-state index in [1.807, 2.05) is 91.0 Å². The van der Waals surface area contributed by atoms with E-state index in [1.54, 1.807) is 0 Å². The summed E-state index contributed by atoms with van der Waals surface area (Å²) < 4.78 is 8.55. The van der Waals surface area contributed by atoms with Crippen LogP contribution in [0.1, 0.15) is 19.4 Å². The number of nitrogens with zero attached hydrogens (tertiary/aromatic N) is 4. The Morgan fingerprint density at radius 2 is 1.44 bits per heavy atom. The molecule has 0 N–H and O–H groups in total. The Balaban J connectivity index is 0.000000191. The summed E-state index contributed by atoms with van der Waals surface area (Å²) in [5.74, 6) is 1.46. The molecule has 0 spiro atoms.